The standard InChI is InChI=1S/C20H23NO4/c1-20-18(22-11-14-5-3-2-4-6-14)13-23-19(20)17(12-24-20)25-16-9-7-15(21)8-10-16/h2-10,17-19H,11-13,21H2,1H3/t17-,18-,19+,20+/m0/s1. The van der Waals surface area contributed by atoms with Crippen molar-refractivity contribution >= 4 is 5.69 Å². The molecule has 2 N–H and O–H groups in total. The molecule has 0 bridgehead atoms. The molecule has 0 unspecified atom stereocenters. The van der Waals surface area contributed by atoms with Crippen LogP contribution in [0.4, 0.5) is 5.69 Å². The third kappa shape index (κ3) is 3.23. The Kier molecular flexibility index (Phi) is 4.37. The van der Waals surface area contributed by atoms with Gasteiger partial charge in [-0.1, -0.05) is 30.3 Å². The molecule has 0 spiro atoms. The summed E-state index contributed by atoms with van der Waals surface area (Å²) in [5.41, 5.74) is 7.08. The number of fused-ring (bicyclic) bond motifs is 1. The van der Waals surface area contributed by atoms with Crippen LogP contribution in [0.15, 0.2) is 54.6 Å². The highest BCUT2D eigenvalue weighted by molar-refractivity contribution is 5.41. The van der Waals surface area contributed by atoms with E-state index in [1.54, 1.807) is 0 Å². The van der Waals surface area contributed by atoms with Gasteiger partial charge < -0.3 is 24.7 Å². The summed E-state index contributed by atoms with van der Waals surface area (Å²) < 4.78 is 24.2. The molecule has 0 aromatic heterocycles. The molecular formula is C20H23NO4. The summed E-state index contributed by atoms with van der Waals surface area (Å²) in [5.74, 6) is 0.768. The molecule has 0 amide bonds. The average molecular weight is 341 g/mol. The highest BCUT2D eigenvalue weighted by Crippen LogP contribution is 2.40. The number of nitrogen functional groups attached to an aromatic ring is 1. The lowest BCUT2D eigenvalue weighted by atomic mass is 9.94. The number of anilines is 1. The second-order valence-corrected chi connectivity index (χ2v) is 6.76. The molecule has 0 aliphatic carbocycles. The van der Waals surface area contributed by atoms with Gasteiger partial charge in [0.25, 0.3) is 0 Å². The fraction of sp³-hybridized carbons (Fsp3) is 0.400. The number of nitrogens with two attached hydrogens (primary N) is 1. The van der Waals surface area contributed by atoms with Crippen LogP contribution in [0.5, 0.6) is 5.75 Å². The number of hydrogen-bond donors (Lipinski definition) is 1. The largest absolute Gasteiger partial charge is 0.485 e. The van der Waals surface area contributed by atoms with E-state index in [2.05, 4.69) is 12.1 Å². The molecule has 2 aromatic carbocycles. The smallest absolute Gasteiger partial charge is 0.151 e. The molecule has 2 heterocycles. The van der Waals surface area contributed by atoms with Crippen LogP contribution >= 0.6 is 0 Å². The van der Waals surface area contributed by atoms with Gasteiger partial charge >= 0.3 is 0 Å². The lowest BCUT2D eigenvalue weighted by molar-refractivity contribution is -0.0970. The molecule has 4 rings (SSSR count). The lowest BCUT2D eigenvalue weighted by Gasteiger charge is -2.28. The van der Waals surface area contributed by atoms with Crippen molar-refractivity contribution in [3.8, 4) is 5.75 Å². The summed E-state index contributed by atoms with van der Waals surface area (Å²) in [6.07, 6.45) is -0.414. The van der Waals surface area contributed by atoms with Gasteiger partial charge in [-0.05, 0) is 36.8 Å². The van der Waals surface area contributed by atoms with Crippen molar-refractivity contribution in [1.82, 2.24) is 0 Å². The second-order valence-electron chi connectivity index (χ2n) is 6.76. The maximum Gasteiger partial charge on any atom is 0.151 e. The summed E-state index contributed by atoms with van der Waals surface area (Å²) in [7, 11) is 0. The van der Waals surface area contributed by atoms with E-state index in [-0.39, 0.29) is 18.3 Å². The van der Waals surface area contributed by atoms with E-state index >= 15 is 0 Å². The van der Waals surface area contributed by atoms with Crippen LogP contribution in [0.25, 0.3) is 0 Å². The molecule has 5 heteroatoms. The van der Waals surface area contributed by atoms with Crippen molar-refractivity contribution < 1.29 is 18.9 Å². The monoisotopic (exact) mass is 341 g/mol. The molecule has 2 saturated heterocycles. The predicted octanol–water partition coefficient (Wildman–Crippen LogP) is 2.79. The zero-order chi connectivity index (χ0) is 17.3. The first-order valence-electron chi connectivity index (χ1n) is 8.58. The van der Waals surface area contributed by atoms with Gasteiger partial charge in [-0.2, -0.15) is 0 Å². The minimum Gasteiger partial charge on any atom is -0.485 e. The van der Waals surface area contributed by atoms with Gasteiger partial charge in [0.1, 0.15) is 23.6 Å². The molecule has 4 atom stereocenters. The van der Waals surface area contributed by atoms with Gasteiger partial charge in [-0.15, -0.1) is 0 Å². The lowest BCUT2D eigenvalue weighted by Crippen LogP contribution is -2.46. The third-order valence-corrected chi connectivity index (χ3v) is 4.99. The number of hydrogen-bond acceptors (Lipinski definition) is 5. The predicted molar refractivity (Wildman–Crippen MR) is 94.4 cm³/mol. The molecule has 0 radical (unpaired) electrons. The Morgan fingerprint density at radius 3 is 2.60 bits per heavy atom. The zero-order valence-corrected chi connectivity index (χ0v) is 14.3. The van der Waals surface area contributed by atoms with Crippen molar-refractivity contribution in [3.63, 3.8) is 0 Å². The fourth-order valence-electron chi connectivity index (χ4n) is 3.51. The van der Waals surface area contributed by atoms with Crippen molar-refractivity contribution in [2.75, 3.05) is 18.9 Å². The van der Waals surface area contributed by atoms with Gasteiger partial charge in [-0.3, -0.25) is 0 Å². The van der Waals surface area contributed by atoms with E-state index in [4.69, 9.17) is 24.7 Å². The van der Waals surface area contributed by atoms with Crippen molar-refractivity contribution in [1.29, 1.82) is 0 Å². The molecule has 0 saturated carbocycles. The average Bonchev–Trinajstić information content (AvgIpc) is 3.12. The molecule has 5 nitrogen and oxygen atoms in total. The summed E-state index contributed by atoms with van der Waals surface area (Å²) in [5, 5.41) is 0. The van der Waals surface area contributed by atoms with E-state index in [0.717, 1.165) is 11.3 Å². The quantitative estimate of drug-likeness (QED) is 0.847. The van der Waals surface area contributed by atoms with Crippen LogP contribution in [-0.4, -0.2) is 37.1 Å². The highest BCUT2D eigenvalue weighted by atomic mass is 16.7. The Labute approximate surface area is 147 Å². The fourth-order valence-corrected chi connectivity index (χ4v) is 3.51. The molecule has 132 valence electrons. The maximum atomic E-state index is 6.10. The number of ether oxygens (including phenoxy) is 4. The Hall–Kier alpha value is -2.08. The van der Waals surface area contributed by atoms with E-state index < -0.39 is 5.60 Å². The van der Waals surface area contributed by atoms with E-state index in [0.29, 0.717) is 25.5 Å². The molecule has 2 aromatic rings. The van der Waals surface area contributed by atoms with E-state index in [1.807, 2.05) is 49.4 Å². The maximum absolute atomic E-state index is 6.10. The molecular weight excluding hydrogens is 318 g/mol. The third-order valence-electron chi connectivity index (χ3n) is 4.99. The minimum atomic E-state index is -0.493. The SMILES string of the molecule is C[C@]12OC[C@H](Oc3ccc(N)cc3)[C@H]1OC[C@@H]2OCc1ccccc1. The Morgan fingerprint density at radius 2 is 1.84 bits per heavy atom. The van der Waals surface area contributed by atoms with Crippen LogP contribution in [0, 0.1) is 0 Å². The first-order valence-corrected chi connectivity index (χ1v) is 8.58. The van der Waals surface area contributed by atoms with Crippen LogP contribution in [-0.2, 0) is 20.8 Å². The van der Waals surface area contributed by atoms with Crippen LogP contribution < -0.4 is 10.5 Å². The topological polar surface area (TPSA) is 62.9 Å². The summed E-state index contributed by atoms with van der Waals surface area (Å²) in [6.45, 7) is 3.59. The van der Waals surface area contributed by atoms with E-state index in [1.165, 1.54) is 0 Å². The van der Waals surface area contributed by atoms with Crippen molar-refractivity contribution in [2.24, 2.45) is 0 Å². The van der Waals surface area contributed by atoms with Gasteiger partial charge in [0.15, 0.2) is 6.10 Å². The zero-order valence-electron chi connectivity index (χ0n) is 14.3. The van der Waals surface area contributed by atoms with Gasteiger partial charge in [0, 0.05) is 5.69 Å². The Balaban J connectivity index is 1.40. The van der Waals surface area contributed by atoms with Gasteiger partial charge in [0.05, 0.1) is 19.8 Å². The van der Waals surface area contributed by atoms with Crippen molar-refractivity contribution in [3.05, 3.63) is 60.2 Å². The molecule has 2 aliphatic rings. The summed E-state index contributed by atoms with van der Waals surface area (Å²) >= 11 is 0. The number of rotatable bonds is 5. The molecule has 2 fully saturated rings. The summed E-state index contributed by atoms with van der Waals surface area (Å²) in [6, 6.07) is 17.5. The van der Waals surface area contributed by atoms with Crippen LogP contribution in [0.1, 0.15) is 12.5 Å². The second kappa shape index (κ2) is 6.67. The highest BCUT2D eigenvalue weighted by Gasteiger charge is 2.58. The minimum absolute atomic E-state index is 0.113. The Bertz CT molecular complexity index is 705. The summed E-state index contributed by atoms with van der Waals surface area (Å²) in [4.78, 5) is 0. The van der Waals surface area contributed by atoms with Gasteiger partial charge in [0.2, 0.25) is 0 Å². The Morgan fingerprint density at radius 1 is 1.08 bits per heavy atom. The number of benzene rings is 2. The first-order chi connectivity index (χ1) is 12.1. The van der Waals surface area contributed by atoms with Gasteiger partial charge in [-0.25, -0.2) is 0 Å². The first kappa shape index (κ1) is 16.4. The molecule has 25 heavy (non-hydrogen) atoms. The van der Waals surface area contributed by atoms with Crippen LogP contribution in [0.2, 0.25) is 0 Å². The van der Waals surface area contributed by atoms with E-state index in [9.17, 15) is 0 Å². The van der Waals surface area contributed by atoms with Crippen molar-refractivity contribution in [2.45, 2.75) is 37.4 Å². The molecule has 2 aliphatic heterocycles. The van der Waals surface area contributed by atoms with Crippen LogP contribution in [0.3, 0.4) is 0 Å². The normalized spacial score (nSPS) is 31.0.